The Labute approximate surface area is 189 Å². The highest BCUT2D eigenvalue weighted by atomic mass is 16.7. The predicted octanol–water partition coefficient (Wildman–Crippen LogP) is 2.30. The molecule has 0 radical (unpaired) electrons. The van der Waals surface area contributed by atoms with Crippen LogP contribution in [0.25, 0.3) is 10.8 Å². The topological polar surface area (TPSA) is 124 Å². The van der Waals surface area contributed by atoms with Crippen LogP contribution in [0.5, 0.6) is 11.5 Å². The zero-order valence-corrected chi connectivity index (χ0v) is 18.6. The molecule has 2 aromatic carbocycles. The van der Waals surface area contributed by atoms with Gasteiger partial charge in [-0.3, -0.25) is 19.2 Å². The minimum Gasteiger partial charge on any atom is -0.461 e. The highest BCUT2D eigenvalue weighted by Crippen LogP contribution is 2.30. The van der Waals surface area contributed by atoms with E-state index in [1.807, 2.05) is 0 Å². The highest BCUT2D eigenvalue weighted by Gasteiger charge is 2.48. The Bertz CT molecular complexity index is 1060. The van der Waals surface area contributed by atoms with Gasteiger partial charge in [0.2, 0.25) is 12.4 Å². The molecule has 0 aromatic heterocycles. The van der Waals surface area contributed by atoms with Gasteiger partial charge in [-0.2, -0.15) is 0 Å². The van der Waals surface area contributed by atoms with Gasteiger partial charge in [0.1, 0.15) is 11.5 Å². The van der Waals surface area contributed by atoms with E-state index in [0.717, 1.165) is 10.8 Å². The van der Waals surface area contributed by atoms with Gasteiger partial charge in [0, 0.05) is 27.7 Å². The summed E-state index contributed by atoms with van der Waals surface area (Å²) < 4.78 is 32.5. The van der Waals surface area contributed by atoms with Crippen molar-refractivity contribution >= 4 is 34.6 Å². The second kappa shape index (κ2) is 10.3. The van der Waals surface area contributed by atoms with E-state index in [4.69, 9.17) is 28.4 Å². The third-order valence-corrected chi connectivity index (χ3v) is 4.60. The van der Waals surface area contributed by atoms with Crippen molar-refractivity contribution in [2.75, 3.05) is 6.61 Å². The largest absolute Gasteiger partial charge is 0.461 e. The first-order valence-corrected chi connectivity index (χ1v) is 10.1. The third-order valence-electron chi connectivity index (χ3n) is 4.60. The number of hydrogen-bond donors (Lipinski definition) is 0. The monoisotopic (exact) mass is 460 g/mol. The lowest BCUT2D eigenvalue weighted by Crippen LogP contribution is -2.59. The van der Waals surface area contributed by atoms with E-state index in [-0.39, 0.29) is 6.61 Å². The van der Waals surface area contributed by atoms with Crippen molar-refractivity contribution < 1.29 is 47.6 Å². The second-order valence-electron chi connectivity index (χ2n) is 7.38. The quantitative estimate of drug-likeness (QED) is 0.360. The van der Waals surface area contributed by atoms with Crippen LogP contribution >= 0.6 is 0 Å². The molecule has 1 heterocycles. The molecule has 0 aliphatic carbocycles. The lowest BCUT2D eigenvalue weighted by Gasteiger charge is -2.40. The molecule has 10 heteroatoms. The number of benzene rings is 2. The van der Waals surface area contributed by atoms with Crippen molar-refractivity contribution in [3.05, 3.63) is 36.4 Å². The Morgan fingerprint density at radius 3 is 1.91 bits per heavy atom. The number of esters is 4. The summed E-state index contributed by atoms with van der Waals surface area (Å²) in [7, 11) is 0. The van der Waals surface area contributed by atoms with E-state index in [1.54, 1.807) is 36.4 Å². The van der Waals surface area contributed by atoms with Gasteiger partial charge < -0.3 is 28.4 Å². The molecule has 0 unspecified atom stereocenters. The molecule has 0 spiro atoms. The van der Waals surface area contributed by atoms with Crippen molar-refractivity contribution in [3.63, 3.8) is 0 Å². The summed E-state index contributed by atoms with van der Waals surface area (Å²) in [6, 6.07) is 10.3. The molecular formula is C23H24O10. The van der Waals surface area contributed by atoms with Crippen molar-refractivity contribution in [2.24, 2.45) is 0 Å². The van der Waals surface area contributed by atoms with Crippen LogP contribution in [-0.4, -0.2) is 55.1 Å². The minimum absolute atomic E-state index is 0.149. The number of ether oxygens (including phenoxy) is 6. The molecule has 10 nitrogen and oxygen atoms in total. The average Bonchev–Trinajstić information content (AvgIpc) is 2.70. The molecule has 3 rings (SSSR count). The standard InChI is InChI=1S/C23H24O10/c1-12(24)29-18-7-5-16-6-8-19(10-17(16)9-18)33-23-22(32-15(4)27)21(31-14(3)26)20(11-28-23)30-13(2)25/h5-10,20-23H,11H2,1-4H3/t20-,21+,22-,23+/m1/s1. The Hall–Kier alpha value is -3.66. The summed E-state index contributed by atoms with van der Waals surface area (Å²) >= 11 is 0. The maximum absolute atomic E-state index is 11.7. The van der Waals surface area contributed by atoms with Gasteiger partial charge in [0.05, 0.1) is 6.61 Å². The van der Waals surface area contributed by atoms with E-state index >= 15 is 0 Å². The maximum atomic E-state index is 11.7. The number of fused-ring (bicyclic) bond motifs is 1. The van der Waals surface area contributed by atoms with Crippen molar-refractivity contribution in [1.82, 2.24) is 0 Å². The van der Waals surface area contributed by atoms with E-state index in [1.165, 1.54) is 27.7 Å². The van der Waals surface area contributed by atoms with E-state index in [0.29, 0.717) is 11.5 Å². The highest BCUT2D eigenvalue weighted by molar-refractivity contribution is 5.86. The van der Waals surface area contributed by atoms with Crippen LogP contribution in [0.1, 0.15) is 27.7 Å². The van der Waals surface area contributed by atoms with Crippen molar-refractivity contribution in [1.29, 1.82) is 0 Å². The molecule has 0 N–H and O–H groups in total. The van der Waals surface area contributed by atoms with Crippen molar-refractivity contribution in [3.8, 4) is 11.5 Å². The molecule has 0 amide bonds. The molecule has 4 atom stereocenters. The van der Waals surface area contributed by atoms with Crippen LogP contribution < -0.4 is 9.47 Å². The van der Waals surface area contributed by atoms with Crippen LogP contribution in [-0.2, 0) is 38.1 Å². The molecule has 0 saturated carbocycles. The van der Waals surface area contributed by atoms with Gasteiger partial charge in [-0.1, -0.05) is 12.1 Å². The Kier molecular flexibility index (Phi) is 7.49. The first kappa shape index (κ1) is 24.0. The third kappa shape index (κ3) is 6.42. The minimum atomic E-state index is -1.20. The van der Waals surface area contributed by atoms with Gasteiger partial charge >= 0.3 is 23.9 Å². The SMILES string of the molecule is CC(=O)Oc1ccc2ccc(O[C@@H]3OC[C@@H](OC(C)=O)[C@H](OC(C)=O)[C@H]3OC(C)=O)cc2c1. The number of carbonyl (C=O) groups is 4. The number of rotatable bonds is 6. The Morgan fingerprint density at radius 1 is 0.727 bits per heavy atom. The van der Waals surface area contributed by atoms with Gasteiger partial charge in [-0.15, -0.1) is 0 Å². The van der Waals surface area contributed by atoms with Gasteiger partial charge in [0.25, 0.3) is 0 Å². The van der Waals surface area contributed by atoms with E-state index in [9.17, 15) is 19.2 Å². The number of carbonyl (C=O) groups excluding carboxylic acids is 4. The fourth-order valence-electron chi connectivity index (χ4n) is 3.45. The van der Waals surface area contributed by atoms with Crippen LogP contribution in [0.4, 0.5) is 0 Å². The van der Waals surface area contributed by atoms with Crippen molar-refractivity contribution in [2.45, 2.75) is 52.3 Å². The molecule has 1 saturated heterocycles. The summed E-state index contributed by atoms with van der Waals surface area (Å²) in [6.45, 7) is 4.73. The smallest absolute Gasteiger partial charge is 0.308 e. The second-order valence-corrected chi connectivity index (χ2v) is 7.38. The van der Waals surface area contributed by atoms with Crippen LogP contribution in [0.15, 0.2) is 36.4 Å². The molecule has 0 bridgehead atoms. The predicted molar refractivity (Wildman–Crippen MR) is 112 cm³/mol. The first-order valence-electron chi connectivity index (χ1n) is 10.1. The molecule has 2 aromatic rings. The van der Waals surface area contributed by atoms with Gasteiger partial charge in [-0.05, 0) is 35.0 Å². The lowest BCUT2D eigenvalue weighted by molar-refractivity contribution is -0.259. The van der Waals surface area contributed by atoms with E-state index in [2.05, 4.69) is 0 Å². The Morgan fingerprint density at radius 2 is 1.30 bits per heavy atom. The normalized spacial score (nSPS) is 22.2. The number of hydrogen-bond acceptors (Lipinski definition) is 10. The Balaban J connectivity index is 1.88. The summed E-state index contributed by atoms with van der Waals surface area (Å²) in [4.78, 5) is 46.1. The average molecular weight is 460 g/mol. The molecule has 33 heavy (non-hydrogen) atoms. The molecule has 176 valence electrons. The molecular weight excluding hydrogens is 436 g/mol. The maximum Gasteiger partial charge on any atom is 0.308 e. The van der Waals surface area contributed by atoms with Gasteiger partial charge in [0.15, 0.2) is 12.2 Å². The van der Waals surface area contributed by atoms with Crippen LogP contribution in [0.3, 0.4) is 0 Å². The summed E-state index contributed by atoms with van der Waals surface area (Å²) in [5.74, 6) is -1.64. The summed E-state index contributed by atoms with van der Waals surface area (Å²) in [6.07, 6.45) is -4.48. The molecule has 1 aliphatic rings. The van der Waals surface area contributed by atoms with Gasteiger partial charge in [-0.25, -0.2) is 0 Å². The van der Waals surface area contributed by atoms with Crippen LogP contribution in [0.2, 0.25) is 0 Å². The zero-order valence-electron chi connectivity index (χ0n) is 18.6. The molecule has 1 aliphatic heterocycles. The fraction of sp³-hybridized carbons (Fsp3) is 0.391. The van der Waals surface area contributed by atoms with Crippen LogP contribution in [0, 0.1) is 0 Å². The summed E-state index contributed by atoms with van der Waals surface area (Å²) in [5, 5.41) is 1.59. The first-order chi connectivity index (χ1) is 15.6. The van der Waals surface area contributed by atoms with E-state index < -0.39 is 48.5 Å². The fourth-order valence-corrected chi connectivity index (χ4v) is 3.45. The molecule has 1 fully saturated rings. The lowest BCUT2D eigenvalue weighted by atomic mass is 10.0. The zero-order chi connectivity index (χ0) is 24.1. The summed E-state index contributed by atoms with van der Waals surface area (Å²) in [5.41, 5.74) is 0.